The van der Waals surface area contributed by atoms with E-state index in [1.54, 1.807) is 18.2 Å². The quantitative estimate of drug-likeness (QED) is 0.615. The predicted octanol–water partition coefficient (Wildman–Crippen LogP) is 3.25. The molecular weight excluding hydrogens is 387 g/mol. The molecule has 1 saturated carbocycles. The van der Waals surface area contributed by atoms with Crippen LogP contribution < -0.4 is 10.6 Å². The molecule has 0 spiro atoms. The van der Waals surface area contributed by atoms with Gasteiger partial charge in [-0.1, -0.05) is 18.7 Å². The number of rotatable bonds is 8. The van der Waals surface area contributed by atoms with Gasteiger partial charge < -0.3 is 15.7 Å². The van der Waals surface area contributed by atoms with Crippen LogP contribution in [-0.4, -0.2) is 33.5 Å². The number of nitrogens with one attached hydrogen (secondary N) is 2. The standard InChI is InChI=1S/C22H25FN4O3/c1-14(24-12-16-2-6-17(7-3-16)22(29)30)19-11-20(26-13-25-19)27-21(28)10-15-4-8-18(23)9-5-15/h4-5,8-9,11,13,16-17,24H,1-3,6-7,10,12H2,(H,29,30)(H,25,26,27,28). The lowest BCUT2D eigenvalue weighted by Crippen LogP contribution is -2.28. The van der Waals surface area contributed by atoms with Crippen LogP contribution >= 0.6 is 0 Å². The summed E-state index contributed by atoms with van der Waals surface area (Å²) in [5.74, 6) is -0.792. The molecule has 1 aliphatic carbocycles. The summed E-state index contributed by atoms with van der Waals surface area (Å²) in [4.78, 5) is 31.5. The number of benzene rings is 1. The first-order valence-corrected chi connectivity index (χ1v) is 9.93. The summed E-state index contributed by atoms with van der Waals surface area (Å²) in [7, 11) is 0. The molecule has 0 unspecified atom stereocenters. The van der Waals surface area contributed by atoms with Gasteiger partial charge in [0.25, 0.3) is 0 Å². The van der Waals surface area contributed by atoms with Crippen LogP contribution in [0.2, 0.25) is 0 Å². The van der Waals surface area contributed by atoms with Crippen molar-refractivity contribution in [1.29, 1.82) is 0 Å². The molecule has 2 aromatic rings. The fourth-order valence-electron chi connectivity index (χ4n) is 3.54. The second-order valence-electron chi connectivity index (χ2n) is 7.56. The van der Waals surface area contributed by atoms with E-state index in [1.165, 1.54) is 18.5 Å². The Labute approximate surface area is 174 Å². The molecule has 0 bridgehead atoms. The van der Waals surface area contributed by atoms with Crippen molar-refractivity contribution < 1.29 is 19.1 Å². The molecule has 0 saturated heterocycles. The van der Waals surface area contributed by atoms with Crippen molar-refractivity contribution in [3.05, 3.63) is 60.3 Å². The van der Waals surface area contributed by atoms with Crippen molar-refractivity contribution in [2.24, 2.45) is 11.8 Å². The van der Waals surface area contributed by atoms with E-state index in [1.807, 2.05) is 0 Å². The maximum absolute atomic E-state index is 13.0. The zero-order valence-electron chi connectivity index (χ0n) is 16.6. The van der Waals surface area contributed by atoms with Crippen LogP contribution in [0.25, 0.3) is 5.70 Å². The number of anilines is 1. The normalized spacial score (nSPS) is 18.4. The first-order chi connectivity index (χ1) is 14.4. The highest BCUT2D eigenvalue weighted by Crippen LogP contribution is 2.28. The average Bonchev–Trinajstić information content (AvgIpc) is 2.74. The summed E-state index contributed by atoms with van der Waals surface area (Å²) in [5, 5.41) is 15.1. The van der Waals surface area contributed by atoms with Gasteiger partial charge in [-0.3, -0.25) is 9.59 Å². The number of hydrogen-bond donors (Lipinski definition) is 3. The minimum absolute atomic E-state index is 0.109. The number of nitrogens with zero attached hydrogens (tertiary/aromatic N) is 2. The fourth-order valence-corrected chi connectivity index (χ4v) is 3.54. The molecule has 1 fully saturated rings. The van der Waals surface area contributed by atoms with Gasteiger partial charge in [0.2, 0.25) is 5.91 Å². The van der Waals surface area contributed by atoms with Gasteiger partial charge in [0.15, 0.2) is 0 Å². The van der Waals surface area contributed by atoms with Crippen LogP contribution in [0.1, 0.15) is 36.9 Å². The Balaban J connectivity index is 1.49. The highest BCUT2D eigenvalue weighted by atomic mass is 19.1. The van der Waals surface area contributed by atoms with Crippen molar-refractivity contribution in [3.8, 4) is 0 Å². The first kappa shape index (κ1) is 21.4. The molecule has 0 aliphatic heterocycles. The maximum atomic E-state index is 13.0. The summed E-state index contributed by atoms with van der Waals surface area (Å²) in [6.45, 7) is 4.70. The predicted molar refractivity (Wildman–Crippen MR) is 111 cm³/mol. The van der Waals surface area contributed by atoms with Gasteiger partial charge in [-0.25, -0.2) is 14.4 Å². The van der Waals surface area contributed by atoms with Crippen molar-refractivity contribution in [2.45, 2.75) is 32.1 Å². The van der Waals surface area contributed by atoms with Crippen LogP contribution in [-0.2, 0) is 16.0 Å². The molecule has 3 rings (SSSR count). The Morgan fingerprint density at radius 2 is 1.83 bits per heavy atom. The number of aliphatic carboxylic acids is 1. The molecule has 1 aromatic heterocycles. The Bertz CT molecular complexity index is 909. The zero-order chi connectivity index (χ0) is 21.5. The van der Waals surface area contributed by atoms with Gasteiger partial charge in [0.1, 0.15) is 18.0 Å². The second kappa shape index (κ2) is 9.96. The monoisotopic (exact) mass is 412 g/mol. The third kappa shape index (κ3) is 6.10. The molecular formula is C22H25FN4O3. The van der Waals surface area contributed by atoms with Crippen molar-refractivity contribution in [2.75, 3.05) is 11.9 Å². The van der Waals surface area contributed by atoms with E-state index < -0.39 is 5.97 Å². The van der Waals surface area contributed by atoms with Gasteiger partial charge in [0, 0.05) is 12.6 Å². The number of carboxylic acid groups (broad SMARTS) is 1. The third-order valence-electron chi connectivity index (χ3n) is 5.32. The molecule has 0 radical (unpaired) electrons. The number of carboxylic acids is 1. The van der Waals surface area contributed by atoms with E-state index in [9.17, 15) is 14.0 Å². The number of aromatic nitrogens is 2. The molecule has 30 heavy (non-hydrogen) atoms. The number of halogens is 1. The first-order valence-electron chi connectivity index (χ1n) is 9.93. The van der Waals surface area contributed by atoms with Gasteiger partial charge in [-0.15, -0.1) is 0 Å². The van der Waals surface area contributed by atoms with E-state index in [0.717, 1.165) is 12.8 Å². The summed E-state index contributed by atoms with van der Waals surface area (Å²) in [6, 6.07) is 7.40. The zero-order valence-corrected chi connectivity index (χ0v) is 16.6. The molecule has 1 aromatic carbocycles. The van der Waals surface area contributed by atoms with Crippen molar-refractivity contribution in [3.63, 3.8) is 0 Å². The third-order valence-corrected chi connectivity index (χ3v) is 5.32. The van der Waals surface area contributed by atoms with Gasteiger partial charge in [-0.05, 0) is 49.3 Å². The lowest BCUT2D eigenvalue weighted by molar-refractivity contribution is -0.143. The minimum Gasteiger partial charge on any atom is -0.481 e. The van der Waals surface area contributed by atoms with E-state index in [-0.39, 0.29) is 24.1 Å². The van der Waals surface area contributed by atoms with E-state index in [2.05, 4.69) is 27.2 Å². The molecule has 1 heterocycles. The van der Waals surface area contributed by atoms with Crippen LogP contribution in [0.4, 0.5) is 10.2 Å². The molecule has 1 amide bonds. The van der Waals surface area contributed by atoms with Gasteiger partial charge in [-0.2, -0.15) is 0 Å². The van der Waals surface area contributed by atoms with Crippen molar-refractivity contribution in [1.82, 2.24) is 15.3 Å². The van der Waals surface area contributed by atoms with Gasteiger partial charge >= 0.3 is 5.97 Å². The van der Waals surface area contributed by atoms with Crippen LogP contribution in [0, 0.1) is 17.7 Å². The smallest absolute Gasteiger partial charge is 0.306 e. The second-order valence-corrected chi connectivity index (χ2v) is 7.56. The summed E-state index contributed by atoms with van der Waals surface area (Å²) >= 11 is 0. The average molecular weight is 412 g/mol. The fraction of sp³-hybridized carbons (Fsp3) is 0.364. The SMILES string of the molecule is C=C(NCC1CCC(C(=O)O)CC1)c1cc(NC(=O)Cc2ccc(F)cc2)ncn1. The Morgan fingerprint density at radius 1 is 1.13 bits per heavy atom. The summed E-state index contributed by atoms with van der Waals surface area (Å²) in [5.41, 5.74) is 1.89. The van der Waals surface area contributed by atoms with Crippen molar-refractivity contribution >= 4 is 23.4 Å². The molecule has 158 valence electrons. The molecule has 1 aliphatic rings. The van der Waals surface area contributed by atoms with E-state index in [0.29, 0.717) is 48.1 Å². The lowest BCUT2D eigenvalue weighted by atomic mass is 9.82. The molecule has 0 atom stereocenters. The summed E-state index contributed by atoms with van der Waals surface area (Å²) < 4.78 is 13.0. The summed E-state index contributed by atoms with van der Waals surface area (Å²) in [6.07, 6.45) is 4.60. The largest absolute Gasteiger partial charge is 0.481 e. The van der Waals surface area contributed by atoms with E-state index in [4.69, 9.17) is 5.11 Å². The highest BCUT2D eigenvalue weighted by Gasteiger charge is 2.25. The van der Waals surface area contributed by atoms with E-state index >= 15 is 0 Å². The maximum Gasteiger partial charge on any atom is 0.306 e. The number of hydrogen-bond acceptors (Lipinski definition) is 5. The minimum atomic E-state index is -0.708. The van der Waals surface area contributed by atoms with Crippen LogP contribution in [0.15, 0.2) is 43.2 Å². The molecule has 7 nitrogen and oxygen atoms in total. The number of carbonyl (C=O) groups is 2. The molecule has 3 N–H and O–H groups in total. The van der Waals surface area contributed by atoms with Crippen LogP contribution in [0.3, 0.4) is 0 Å². The highest BCUT2D eigenvalue weighted by molar-refractivity contribution is 5.91. The topological polar surface area (TPSA) is 104 Å². The Kier molecular flexibility index (Phi) is 7.11. The Morgan fingerprint density at radius 3 is 2.50 bits per heavy atom. The number of amides is 1. The molecule has 8 heteroatoms. The van der Waals surface area contributed by atoms with Crippen LogP contribution in [0.5, 0.6) is 0 Å². The Hall–Kier alpha value is -3.29. The lowest BCUT2D eigenvalue weighted by Gasteiger charge is -2.26. The number of carbonyl (C=O) groups excluding carboxylic acids is 1. The van der Waals surface area contributed by atoms with Gasteiger partial charge in [0.05, 0.1) is 23.7 Å².